The fourth-order valence-electron chi connectivity index (χ4n) is 1.92. The van der Waals surface area contributed by atoms with Crippen LogP contribution in [0.15, 0.2) is 12.1 Å². The third kappa shape index (κ3) is 3.52. The van der Waals surface area contributed by atoms with Crippen molar-refractivity contribution >= 4 is 52.3 Å². The normalized spacial score (nSPS) is 21.6. The number of halogens is 3. The van der Waals surface area contributed by atoms with Crippen LogP contribution in [0.2, 0.25) is 15.1 Å². The molecule has 1 aromatic rings. The molecule has 2 rings (SSSR count). The van der Waals surface area contributed by atoms with Crippen molar-refractivity contribution in [2.75, 3.05) is 12.0 Å². The van der Waals surface area contributed by atoms with Crippen molar-refractivity contribution < 1.29 is 14.7 Å². The molecule has 0 aromatic heterocycles. The summed E-state index contributed by atoms with van der Waals surface area (Å²) in [6.07, 6.45) is -0.706. The number of hydrogen-bond acceptors (Lipinski definition) is 4. The standard InChI is InChI=1S/C12H12Cl3N3O3/c13-5-1-2-6(10(15)9(5)14)17-18-12(21)8-7(19)3-4-16-11(8)20/h1-2,7-8,17,19H,3-4H2,(H,16,20)(H,18,21). The summed E-state index contributed by atoms with van der Waals surface area (Å²) in [5.41, 5.74) is 5.20. The summed E-state index contributed by atoms with van der Waals surface area (Å²) < 4.78 is 0. The van der Waals surface area contributed by atoms with Crippen molar-refractivity contribution in [2.24, 2.45) is 5.92 Å². The number of amides is 2. The van der Waals surface area contributed by atoms with Gasteiger partial charge in [-0.3, -0.25) is 20.4 Å². The molecule has 2 unspecified atom stereocenters. The molecule has 114 valence electrons. The van der Waals surface area contributed by atoms with Crippen LogP contribution in [-0.2, 0) is 9.59 Å². The molecule has 1 fully saturated rings. The van der Waals surface area contributed by atoms with Gasteiger partial charge in [0, 0.05) is 6.54 Å². The molecule has 0 bridgehead atoms. The number of piperidine rings is 1. The highest BCUT2D eigenvalue weighted by Crippen LogP contribution is 2.35. The van der Waals surface area contributed by atoms with E-state index in [1.807, 2.05) is 0 Å². The molecule has 1 saturated heterocycles. The second kappa shape index (κ2) is 6.70. The number of anilines is 1. The van der Waals surface area contributed by atoms with Crippen LogP contribution in [0.5, 0.6) is 0 Å². The third-order valence-electron chi connectivity index (χ3n) is 3.04. The van der Waals surface area contributed by atoms with E-state index in [0.29, 0.717) is 18.7 Å². The van der Waals surface area contributed by atoms with E-state index in [0.717, 1.165) is 0 Å². The van der Waals surface area contributed by atoms with Crippen molar-refractivity contribution in [1.82, 2.24) is 10.7 Å². The average Bonchev–Trinajstić information content (AvgIpc) is 2.44. The van der Waals surface area contributed by atoms with Crippen molar-refractivity contribution in [3.8, 4) is 0 Å². The van der Waals surface area contributed by atoms with Crippen LogP contribution in [0, 0.1) is 5.92 Å². The van der Waals surface area contributed by atoms with E-state index in [1.54, 1.807) is 0 Å². The van der Waals surface area contributed by atoms with Gasteiger partial charge in [-0.25, -0.2) is 0 Å². The molecule has 0 radical (unpaired) electrons. The highest BCUT2D eigenvalue weighted by molar-refractivity contribution is 6.49. The fourth-order valence-corrected chi connectivity index (χ4v) is 2.50. The summed E-state index contributed by atoms with van der Waals surface area (Å²) in [6.45, 7) is 0.343. The second-order valence-corrected chi connectivity index (χ2v) is 5.63. The molecule has 1 aromatic carbocycles. The fraction of sp³-hybridized carbons (Fsp3) is 0.333. The minimum absolute atomic E-state index is 0.137. The molecule has 0 spiro atoms. The lowest BCUT2D eigenvalue weighted by molar-refractivity contribution is -0.142. The van der Waals surface area contributed by atoms with E-state index in [1.165, 1.54) is 12.1 Å². The van der Waals surface area contributed by atoms with Crippen molar-refractivity contribution in [2.45, 2.75) is 12.5 Å². The van der Waals surface area contributed by atoms with Gasteiger partial charge in [-0.05, 0) is 18.6 Å². The minimum atomic E-state index is -1.17. The summed E-state index contributed by atoms with van der Waals surface area (Å²) >= 11 is 17.6. The van der Waals surface area contributed by atoms with Gasteiger partial charge in [0.25, 0.3) is 5.91 Å². The number of carbonyl (C=O) groups excluding carboxylic acids is 2. The lowest BCUT2D eigenvalue weighted by Gasteiger charge is -2.26. The highest BCUT2D eigenvalue weighted by Gasteiger charge is 2.36. The number of aliphatic hydroxyl groups is 1. The van der Waals surface area contributed by atoms with Gasteiger partial charge in [-0.2, -0.15) is 0 Å². The number of hydrogen-bond donors (Lipinski definition) is 4. The van der Waals surface area contributed by atoms with E-state index in [2.05, 4.69) is 16.2 Å². The van der Waals surface area contributed by atoms with Gasteiger partial charge in [0.2, 0.25) is 5.91 Å². The molecule has 2 amide bonds. The predicted molar refractivity (Wildman–Crippen MR) is 80.4 cm³/mol. The third-order valence-corrected chi connectivity index (χ3v) is 4.34. The van der Waals surface area contributed by atoms with Gasteiger partial charge in [0.05, 0.1) is 26.9 Å². The molecule has 9 heteroatoms. The Morgan fingerprint density at radius 1 is 1.29 bits per heavy atom. The summed E-state index contributed by atoms with van der Waals surface area (Å²) in [6, 6.07) is 3.03. The monoisotopic (exact) mass is 351 g/mol. The maximum Gasteiger partial charge on any atom is 0.253 e. The summed E-state index contributed by atoms with van der Waals surface area (Å²) in [5.74, 6) is -2.36. The second-order valence-electron chi connectivity index (χ2n) is 4.46. The van der Waals surface area contributed by atoms with Crippen LogP contribution in [0.3, 0.4) is 0 Å². The quantitative estimate of drug-likeness (QED) is 0.378. The van der Waals surface area contributed by atoms with Crippen molar-refractivity contribution in [1.29, 1.82) is 0 Å². The number of rotatable bonds is 3. The Bertz CT molecular complexity index is 582. The Kier molecular flexibility index (Phi) is 5.16. The number of carbonyl (C=O) groups is 2. The maximum absolute atomic E-state index is 12.0. The maximum atomic E-state index is 12.0. The molecule has 21 heavy (non-hydrogen) atoms. The van der Waals surface area contributed by atoms with Crippen LogP contribution in [0.1, 0.15) is 6.42 Å². The lowest BCUT2D eigenvalue weighted by Crippen LogP contribution is -2.52. The molecule has 1 heterocycles. The molecular weight excluding hydrogens is 341 g/mol. The SMILES string of the molecule is O=C1NCCC(O)C1C(=O)NNc1ccc(Cl)c(Cl)c1Cl. The Hall–Kier alpha value is -1.21. The molecule has 2 atom stereocenters. The van der Waals surface area contributed by atoms with Gasteiger partial charge in [-0.15, -0.1) is 0 Å². The first-order valence-electron chi connectivity index (χ1n) is 6.07. The Morgan fingerprint density at radius 3 is 2.67 bits per heavy atom. The topological polar surface area (TPSA) is 90.5 Å². The summed E-state index contributed by atoms with van der Waals surface area (Å²) in [5, 5.41) is 12.8. The van der Waals surface area contributed by atoms with Crippen molar-refractivity contribution in [3.63, 3.8) is 0 Å². The molecule has 4 N–H and O–H groups in total. The summed E-state index contributed by atoms with van der Waals surface area (Å²) in [7, 11) is 0. The largest absolute Gasteiger partial charge is 0.392 e. The highest BCUT2D eigenvalue weighted by atomic mass is 35.5. The van der Waals surface area contributed by atoms with Crippen molar-refractivity contribution in [3.05, 3.63) is 27.2 Å². The average molecular weight is 353 g/mol. The zero-order valence-corrected chi connectivity index (χ0v) is 12.9. The zero-order chi connectivity index (χ0) is 15.6. The molecule has 0 aliphatic carbocycles. The van der Waals surface area contributed by atoms with Crippen LogP contribution in [0.25, 0.3) is 0 Å². The van der Waals surface area contributed by atoms with E-state index < -0.39 is 23.8 Å². The summed E-state index contributed by atoms with van der Waals surface area (Å²) in [4.78, 5) is 23.6. The predicted octanol–water partition coefficient (Wildman–Crippen LogP) is 1.59. The van der Waals surface area contributed by atoms with E-state index in [4.69, 9.17) is 34.8 Å². The number of aliphatic hydroxyl groups excluding tert-OH is 1. The number of benzene rings is 1. The van der Waals surface area contributed by atoms with Gasteiger partial charge in [0.1, 0.15) is 5.92 Å². The lowest BCUT2D eigenvalue weighted by atomic mass is 9.95. The molecular formula is C12H12Cl3N3O3. The van der Waals surface area contributed by atoms with Crippen LogP contribution in [0.4, 0.5) is 5.69 Å². The first-order valence-corrected chi connectivity index (χ1v) is 7.20. The van der Waals surface area contributed by atoms with Crippen LogP contribution in [-0.4, -0.2) is 29.6 Å². The van der Waals surface area contributed by atoms with Crippen LogP contribution < -0.4 is 16.2 Å². The molecule has 6 nitrogen and oxygen atoms in total. The number of hydrazine groups is 1. The Labute approximate surface area is 135 Å². The van der Waals surface area contributed by atoms with Gasteiger partial charge in [0.15, 0.2) is 0 Å². The first kappa shape index (κ1) is 16.2. The first-order chi connectivity index (χ1) is 9.91. The Balaban J connectivity index is 2.04. The molecule has 0 saturated carbocycles. The smallest absolute Gasteiger partial charge is 0.253 e. The zero-order valence-electron chi connectivity index (χ0n) is 10.6. The molecule has 1 aliphatic rings. The molecule has 1 aliphatic heterocycles. The van der Waals surface area contributed by atoms with E-state index in [-0.39, 0.29) is 15.1 Å². The van der Waals surface area contributed by atoms with Crippen LogP contribution >= 0.6 is 34.8 Å². The van der Waals surface area contributed by atoms with E-state index >= 15 is 0 Å². The number of nitrogens with one attached hydrogen (secondary N) is 3. The Morgan fingerprint density at radius 2 is 2.00 bits per heavy atom. The van der Waals surface area contributed by atoms with Gasteiger partial charge >= 0.3 is 0 Å². The van der Waals surface area contributed by atoms with Gasteiger partial charge in [-0.1, -0.05) is 34.8 Å². The minimum Gasteiger partial charge on any atom is -0.392 e. The van der Waals surface area contributed by atoms with E-state index in [9.17, 15) is 14.7 Å². The van der Waals surface area contributed by atoms with Gasteiger partial charge < -0.3 is 10.4 Å².